The molecule has 5 heteroatoms. The van der Waals surface area contributed by atoms with Gasteiger partial charge in [-0.25, -0.2) is 0 Å². The minimum atomic E-state index is -0.0532. The number of nitrogens with zero attached hydrogens (tertiary/aromatic N) is 1. The maximum absolute atomic E-state index is 12.5. The lowest BCUT2D eigenvalue weighted by molar-refractivity contribution is -0.140. The Hall–Kier alpha value is -1.10. The lowest BCUT2D eigenvalue weighted by Gasteiger charge is -2.37. The fourth-order valence-electron chi connectivity index (χ4n) is 3.30. The molecule has 5 nitrogen and oxygen atoms in total. The number of likely N-dealkylation sites (tertiary alicyclic amines) is 1. The first-order valence-electron chi connectivity index (χ1n) is 7.39. The van der Waals surface area contributed by atoms with Crippen molar-refractivity contribution in [1.82, 2.24) is 10.2 Å². The fourth-order valence-corrected chi connectivity index (χ4v) is 3.30. The molecule has 0 aromatic rings. The highest BCUT2D eigenvalue weighted by Gasteiger charge is 2.35. The molecule has 2 fully saturated rings. The molecular formula is C14H25N3O2. The molecule has 3 unspecified atom stereocenters. The molecule has 1 aliphatic carbocycles. The van der Waals surface area contributed by atoms with E-state index in [-0.39, 0.29) is 29.7 Å². The van der Waals surface area contributed by atoms with Crippen LogP contribution < -0.4 is 11.1 Å². The molecule has 3 N–H and O–H groups in total. The molecule has 0 spiro atoms. The molecule has 2 aliphatic rings. The van der Waals surface area contributed by atoms with Crippen molar-refractivity contribution in [3.63, 3.8) is 0 Å². The molecule has 0 aromatic heterocycles. The second kappa shape index (κ2) is 6.37. The number of carbonyl (C=O) groups is 2. The second-order valence-electron chi connectivity index (χ2n) is 5.79. The molecule has 1 saturated carbocycles. The van der Waals surface area contributed by atoms with E-state index in [2.05, 4.69) is 5.32 Å². The Kier molecular flexibility index (Phi) is 4.80. The molecule has 1 heterocycles. The van der Waals surface area contributed by atoms with Gasteiger partial charge in [0.1, 0.15) is 0 Å². The molecule has 2 amide bonds. The van der Waals surface area contributed by atoms with Gasteiger partial charge in [0.25, 0.3) is 0 Å². The van der Waals surface area contributed by atoms with Crippen molar-refractivity contribution in [1.29, 1.82) is 0 Å². The highest BCUT2D eigenvalue weighted by molar-refractivity contribution is 5.82. The van der Waals surface area contributed by atoms with Crippen molar-refractivity contribution in [2.75, 3.05) is 20.1 Å². The second-order valence-corrected chi connectivity index (χ2v) is 5.79. The Balaban J connectivity index is 1.96. The molecule has 0 bridgehead atoms. The summed E-state index contributed by atoms with van der Waals surface area (Å²) in [6.45, 7) is 1.33. The van der Waals surface area contributed by atoms with Crippen molar-refractivity contribution in [2.24, 2.45) is 17.6 Å². The van der Waals surface area contributed by atoms with E-state index in [0.29, 0.717) is 6.54 Å². The topological polar surface area (TPSA) is 75.4 Å². The number of nitrogens with two attached hydrogens (primary N) is 1. The molecule has 2 rings (SSSR count). The summed E-state index contributed by atoms with van der Waals surface area (Å²) in [4.78, 5) is 26.1. The Morgan fingerprint density at radius 3 is 2.58 bits per heavy atom. The van der Waals surface area contributed by atoms with Crippen LogP contribution in [-0.2, 0) is 9.59 Å². The van der Waals surface area contributed by atoms with E-state index in [9.17, 15) is 9.59 Å². The van der Waals surface area contributed by atoms with Gasteiger partial charge < -0.3 is 16.0 Å². The lowest BCUT2D eigenvalue weighted by Crippen LogP contribution is -2.50. The molecule has 1 aliphatic heterocycles. The summed E-state index contributed by atoms with van der Waals surface area (Å²) in [5.74, 6) is 0.131. The number of nitrogens with one attached hydrogen (secondary N) is 1. The largest absolute Gasteiger partial charge is 0.359 e. The fraction of sp³-hybridized carbons (Fsp3) is 0.857. The van der Waals surface area contributed by atoms with Crippen molar-refractivity contribution >= 4 is 11.8 Å². The van der Waals surface area contributed by atoms with Crippen LogP contribution in [0.2, 0.25) is 0 Å². The van der Waals surface area contributed by atoms with Crippen LogP contribution in [-0.4, -0.2) is 42.9 Å². The van der Waals surface area contributed by atoms with Crippen LogP contribution in [0.4, 0.5) is 0 Å². The summed E-state index contributed by atoms with van der Waals surface area (Å²) in [5.41, 5.74) is 6.08. The van der Waals surface area contributed by atoms with E-state index in [1.807, 2.05) is 4.90 Å². The summed E-state index contributed by atoms with van der Waals surface area (Å²) >= 11 is 0. The van der Waals surface area contributed by atoms with Crippen LogP contribution in [0.1, 0.15) is 38.5 Å². The van der Waals surface area contributed by atoms with E-state index in [0.717, 1.165) is 45.1 Å². The van der Waals surface area contributed by atoms with Gasteiger partial charge >= 0.3 is 0 Å². The lowest BCUT2D eigenvalue weighted by atomic mass is 9.83. The van der Waals surface area contributed by atoms with Gasteiger partial charge in [0, 0.05) is 26.2 Å². The first-order valence-corrected chi connectivity index (χ1v) is 7.39. The van der Waals surface area contributed by atoms with E-state index < -0.39 is 0 Å². The summed E-state index contributed by atoms with van der Waals surface area (Å²) in [6.07, 6.45) is 5.86. The highest BCUT2D eigenvalue weighted by atomic mass is 16.2. The molecule has 19 heavy (non-hydrogen) atoms. The van der Waals surface area contributed by atoms with Gasteiger partial charge in [-0.1, -0.05) is 12.8 Å². The molecular weight excluding hydrogens is 242 g/mol. The van der Waals surface area contributed by atoms with Gasteiger partial charge in [-0.2, -0.15) is 0 Å². The maximum Gasteiger partial charge on any atom is 0.227 e. The third-order valence-corrected chi connectivity index (χ3v) is 4.49. The number of hydrogen-bond donors (Lipinski definition) is 2. The molecule has 108 valence electrons. The molecule has 3 atom stereocenters. The van der Waals surface area contributed by atoms with Gasteiger partial charge in [0.2, 0.25) is 11.8 Å². The number of hydrogen-bond acceptors (Lipinski definition) is 3. The third-order valence-electron chi connectivity index (χ3n) is 4.49. The van der Waals surface area contributed by atoms with Gasteiger partial charge in [0.15, 0.2) is 0 Å². The van der Waals surface area contributed by atoms with Crippen LogP contribution in [0.3, 0.4) is 0 Å². The van der Waals surface area contributed by atoms with Crippen molar-refractivity contribution in [3.05, 3.63) is 0 Å². The highest BCUT2D eigenvalue weighted by Crippen LogP contribution is 2.27. The predicted molar refractivity (Wildman–Crippen MR) is 73.3 cm³/mol. The monoisotopic (exact) mass is 267 g/mol. The molecule has 0 radical (unpaired) electrons. The van der Waals surface area contributed by atoms with Gasteiger partial charge in [0.05, 0.1) is 11.8 Å². The zero-order valence-electron chi connectivity index (χ0n) is 11.7. The summed E-state index contributed by atoms with van der Waals surface area (Å²) in [7, 11) is 1.65. The van der Waals surface area contributed by atoms with Crippen LogP contribution in [0.15, 0.2) is 0 Å². The Morgan fingerprint density at radius 2 is 1.89 bits per heavy atom. The van der Waals surface area contributed by atoms with E-state index >= 15 is 0 Å². The number of carbonyl (C=O) groups excluding carboxylic acids is 2. The summed E-state index contributed by atoms with van der Waals surface area (Å²) in [5, 5.41) is 2.68. The first kappa shape index (κ1) is 14.3. The molecule has 0 aromatic carbocycles. The minimum Gasteiger partial charge on any atom is -0.359 e. The summed E-state index contributed by atoms with van der Waals surface area (Å²) < 4.78 is 0. The number of amides is 2. The predicted octanol–water partition coefficient (Wildman–Crippen LogP) is 0.489. The van der Waals surface area contributed by atoms with Gasteiger partial charge in [-0.3, -0.25) is 9.59 Å². The first-order chi connectivity index (χ1) is 9.13. The third kappa shape index (κ3) is 3.26. The van der Waals surface area contributed by atoms with Crippen molar-refractivity contribution < 1.29 is 9.59 Å². The Labute approximate surface area is 114 Å². The van der Waals surface area contributed by atoms with Crippen LogP contribution in [0.5, 0.6) is 0 Å². The van der Waals surface area contributed by atoms with Crippen LogP contribution in [0, 0.1) is 11.8 Å². The molecule has 1 saturated heterocycles. The quantitative estimate of drug-likeness (QED) is 0.764. The zero-order valence-corrected chi connectivity index (χ0v) is 11.7. The van der Waals surface area contributed by atoms with Crippen molar-refractivity contribution in [3.8, 4) is 0 Å². The van der Waals surface area contributed by atoms with E-state index in [1.165, 1.54) is 0 Å². The average Bonchev–Trinajstić information content (AvgIpc) is 2.46. The van der Waals surface area contributed by atoms with Crippen LogP contribution >= 0.6 is 0 Å². The van der Waals surface area contributed by atoms with E-state index in [4.69, 9.17) is 5.73 Å². The van der Waals surface area contributed by atoms with Crippen LogP contribution in [0.25, 0.3) is 0 Å². The smallest absolute Gasteiger partial charge is 0.227 e. The minimum absolute atomic E-state index is 0.00151. The Morgan fingerprint density at radius 1 is 1.16 bits per heavy atom. The van der Waals surface area contributed by atoms with Gasteiger partial charge in [-0.15, -0.1) is 0 Å². The van der Waals surface area contributed by atoms with E-state index in [1.54, 1.807) is 7.05 Å². The number of piperidine rings is 1. The normalized spacial score (nSPS) is 31.9. The Bertz CT molecular complexity index is 346. The SMILES string of the molecule is CNC(=O)C1CCCN(C(=O)C2CCCCC2N)C1. The number of rotatable bonds is 2. The average molecular weight is 267 g/mol. The standard InChI is InChI=1S/C14H25N3O2/c1-16-13(18)10-5-4-8-17(9-10)14(19)11-6-2-3-7-12(11)15/h10-12H,2-9,15H2,1H3,(H,16,18). The van der Waals surface area contributed by atoms with Crippen molar-refractivity contribution in [2.45, 2.75) is 44.6 Å². The summed E-state index contributed by atoms with van der Waals surface area (Å²) in [6, 6.07) is 0.00151. The van der Waals surface area contributed by atoms with Gasteiger partial charge in [-0.05, 0) is 25.7 Å². The zero-order chi connectivity index (χ0) is 13.8. The maximum atomic E-state index is 12.5.